The molecule has 2 atom stereocenters. The third-order valence-corrected chi connectivity index (χ3v) is 4.11. The fraction of sp³-hybridized carbons (Fsp3) is 0.529. The van der Waals surface area contributed by atoms with Crippen LogP contribution in [0.3, 0.4) is 0 Å². The van der Waals surface area contributed by atoms with E-state index >= 15 is 0 Å². The van der Waals surface area contributed by atoms with E-state index in [0.717, 1.165) is 6.42 Å². The first kappa shape index (κ1) is 18.2. The van der Waals surface area contributed by atoms with E-state index in [4.69, 9.17) is 9.47 Å². The zero-order valence-electron chi connectivity index (χ0n) is 13.6. The second kappa shape index (κ2) is 8.63. The Morgan fingerprint density at radius 3 is 2.88 bits per heavy atom. The lowest BCUT2D eigenvalue weighted by Crippen LogP contribution is -2.48. The number of carbonyl (C=O) groups excluding carboxylic acids is 1. The quantitative estimate of drug-likeness (QED) is 0.791. The average molecular weight is 339 g/mol. The van der Waals surface area contributed by atoms with Crippen LogP contribution in [-0.4, -0.2) is 43.3 Å². The number of benzene rings is 1. The molecule has 0 saturated carbocycles. The van der Waals surface area contributed by atoms with Crippen molar-refractivity contribution >= 4 is 11.9 Å². The second-order valence-electron chi connectivity index (χ2n) is 5.83. The van der Waals surface area contributed by atoms with Crippen molar-refractivity contribution in [2.24, 2.45) is 5.92 Å². The Bertz CT molecular complexity index is 586. The molecule has 1 amide bonds. The standard InChI is InChI=1S/C17H22FNO5/c1-23-14-6-4-11(9-13(14)18)5-7-15(20)19-16(17(21)22)12-3-2-8-24-10-12/h4,6,9,12,16H,2-3,5,7-8,10H2,1H3,(H,19,20)(H,21,22). The van der Waals surface area contributed by atoms with Gasteiger partial charge in [-0.05, 0) is 37.0 Å². The molecule has 1 heterocycles. The first-order valence-electron chi connectivity index (χ1n) is 7.93. The summed E-state index contributed by atoms with van der Waals surface area (Å²) in [6, 6.07) is 3.54. The summed E-state index contributed by atoms with van der Waals surface area (Å²) in [6.45, 7) is 0.959. The van der Waals surface area contributed by atoms with Gasteiger partial charge in [-0.1, -0.05) is 6.07 Å². The number of ether oxygens (including phenoxy) is 2. The highest BCUT2D eigenvalue weighted by Crippen LogP contribution is 2.20. The molecule has 6 nitrogen and oxygen atoms in total. The molecule has 7 heteroatoms. The zero-order chi connectivity index (χ0) is 17.5. The van der Waals surface area contributed by atoms with Crippen LogP contribution in [0.2, 0.25) is 0 Å². The molecule has 2 rings (SSSR count). The molecule has 24 heavy (non-hydrogen) atoms. The number of aliphatic carboxylic acids is 1. The van der Waals surface area contributed by atoms with E-state index in [0.29, 0.717) is 31.6 Å². The maximum Gasteiger partial charge on any atom is 0.326 e. The third-order valence-electron chi connectivity index (χ3n) is 4.11. The minimum Gasteiger partial charge on any atom is -0.494 e. The number of carboxylic acid groups (broad SMARTS) is 1. The van der Waals surface area contributed by atoms with Gasteiger partial charge in [0, 0.05) is 18.9 Å². The second-order valence-corrected chi connectivity index (χ2v) is 5.83. The van der Waals surface area contributed by atoms with Crippen LogP contribution in [-0.2, 0) is 20.7 Å². The maximum atomic E-state index is 13.6. The maximum absolute atomic E-state index is 13.6. The molecule has 1 saturated heterocycles. The van der Waals surface area contributed by atoms with E-state index in [1.807, 2.05) is 0 Å². The Balaban J connectivity index is 1.88. The highest BCUT2D eigenvalue weighted by atomic mass is 19.1. The number of methoxy groups -OCH3 is 1. The van der Waals surface area contributed by atoms with E-state index in [-0.39, 0.29) is 24.0 Å². The number of aryl methyl sites for hydroxylation is 1. The number of rotatable bonds is 7. The summed E-state index contributed by atoms with van der Waals surface area (Å²) in [7, 11) is 1.38. The number of hydrogen-bond donors (Lipinski definition) is 2. The van der Waals surface area contributed by atoms with E-state index in [1.165, 1.54) is 19.2 Å². The van der Waals surface area contributed by atoms with Gasteiger partial charge >= 0.3 is 5.97 Å². The molecule has 1 aromatic rings. The minimum absolute atomic E-state index is 0.0864. The zero-order valence-corrected chi connectivity index (χ0v) is 13.6. The number of halogens is 1. The van der Waals surface area contributed by atoms with Crippen molar-refractivity contribution in [1.82, 2.24) is 5.32 Å². The summed E-state index contributed by atoms with van der Waals surface area (Å²) in [4.78, 5) is 23.4. The summed E-state index contributed by atoms with van der Waals surface area (Å²) in [5.41, 5.74) is 0.649. The van der Waals surface area contributed by atoms with Crippen molar-refractivity contribution in [3.05, 3.63) is 29.6 Å². The molecule has 1 aliphatic rings. The summed E-state index contributed by atoms with van der Waals surface area (Å²) in [5.74, 6) is -2.00. The van der Waals surface area contributed by atoms with Crippen LogP contribution in [0.4, 0.5) is 4.39 Å². The summed E-state index contributed by atoms with van der Waals surface area (Å²) < 4.78 is 23.7. The first-order chi connectivity index (χ1) is 11.5. The lowest BCUT2D eigenvalue weighted by molar-refractivity contribution is -0.145. The van der Waals surface area contributed by atoms with Crippen molar-refractivity contribution in [3.8, 4) is 5.75 Å². The molecule has 2 unspecified atom stereocenters. The van der Waals surface area contributed by atoms with Crippen LogP contribution in [0, 0.1) is 11.7 Å². The number of carboxylic acids is 1. The Morgan fingerprint density at radius 1 is 1.50 bits per heavy atom. The molecule has 0 radical (unpaired) electrons. The van der Waals surface area contributed by atoms with Gasteiger partial charge in [-0.3, -0.25) is 4.79 Å². The van der Waals surface area contributed by atoms with Gasteiger partial charge in [0.1, 0.15) is 6.04 Å². The van der Waals surface area contributed by atoms with Crippen LogP contribution in [0.15, 0.2) is 18.2 Å². The van der Waals surface area contributed by atoms with Crippen molar-refractivity contribution in [3.63, 3.8) is 0 Å². The molecule has 2 N–H and O–H groups in total. The fourth-order valence-electron chi connectivity index (χ4n) is 2.78. The van der Waals surface area contributed by atoms with Crippen molar-refractivity contribution < 1.29 is 28.6 Å². The summed E-state index contributed by atoms with van der Waals surface area (Å²) in [5, 5.41) is 11.9. The Morgan fingerprint density at radius 2 is 2.29 bits per heavy atom. The van der Waals surface area contributed by atoms with Crippen molar-refractivity contribution in [2.45, 2.75) is 31.7 Å². The largest absolute Gasteiger partial charge is 0.494 e. The van der Waals surface area contributed by atoms with Crippen molar-refractivity contribution in [1.29, 1.82) is 0 Å². The van der Waals surface area contributed by atoms with Crippen LogP contribution in [0.25, 0.3) is 0 Å². The van der Waals surface area contributed by atoms with Crippen molar-refractivity contribution in [2.75, 3.05) is 20.3 Å². The highest BCUT2D eigenvalue weighted by molar-refractivity contribution is 5.83. The third kappa shape index (κ3) is 4.92. The lowest BCUT2D eigenvalue weighted by Gasteiger charge is -2.28. The van der Waals surface area contributed by atoms with Gasteiger partial charge in [-0.15, -0.1) is 0 Å². The van der Waals surface area contributed by atoms with Crippen LogP contribution in [0.5, 0.6) is 5.75 Å². The Labute approximate surface area is 139 Å². The predicted molar refractivity (Wildman–Crippen MR) is 84.4 cm³/mol. The van der Waals surface area contributed by atoms with Gasteiger partial charge in [0.25, 0.3) is 0 Å². The highest BCUT2D eigenvalue weighted by Gasteiger charge is 2.31. The van der Waals surface area contributed by atoms with Gasteiger partial charge in [0.05, 0.1) is 13.7 Å². The average Bonchev–Trinajstić information content (AvgIpc) is 2.58. The normalized spacial score (nSPS) is 18.7. The van der Waals surface area contributed by atoms with Crippen LogP contribution in [0.1, 0.15) is 24.8 Å². The lowest BCUT2D eigenvalue weighted by atomic mass is 9.93. The Hall–Kier alpha value is -2.15. The molecular formula is C17H22FNO5. The van der Waals surface area contributed by atoms with Gasteiger partial charge in [0.15, 0.2) is 11.6 Å². The Kier molecular flexibility index (Phi) is 6.54. The number of carbonyl (C=O) groups is 2. The fourth-order valence-corrected chi connectivity index (χ4v) is 2.78. The monoisotopic (exact) mass is 339 g/mol. The summed E-state index contributed by atoms with van der Waals surface area (Å²) in [6.07, 6.45) is 1.90. The molecule has 0 aromatic heterocycles. The van der Waals surface area contributed by atoms with Crippen LogP contribution < -0.4 is 10.1 Å². The van der Waals surface area contributed by atoms with E-state index in [1.54, 1.807) is 6.07 Å². The smallest absolute Gasteiger partial charge is 0.326 e. The first-order valence-corrected chi connectivity index (χ1v) is 7.93. The van der Waals surface area contributed by atoms with Gasteiger partial charge in [0.2, 0.25) is 5.91 Å². The molecule has 0 aliphatic carbocycles. The van der Waals surface area contributed by atoms with E-state index in [9.17, 15) is 19.1 Å². The predicted octanol–water partition coefficient (Wildman–Crippen LogP) is 1.76. The topological polar surface area (TPSA) is 84.9 Å². The van der Waals surface area contributed by atoms with E-state index < -0.39 is 17.8 Å². The number of nitrogens with one attached hydrogen (secondary N) is 1. The van der Waals surface area contributed by atoms with Gasteiger partial charge in [-0.25, -0.2) is 9.18 Å². The minimum atomic E-state index is -1.06. The number of hydrogen-bond acceptors (Lipinski definition) is 4. The molecule has 0 bridgehead atoms. The molecule has 0 spiro atoms. The van der Waals surface area contributed by atoms with Gasteiger partial charge in [-0.2, -0.15) is 0 Å². The molecule has 132 valence electrons. The molecule has 1 aliphatic heterocycles. The van der Waals surface area contributed by atoms with Gasteiger partial charge < -0.3 is 19.9 Å². The van der Waals surface area contributed by atoms with E-state index in [2.05, 4.69) is 5.32 Å². The van der Waals surface area contributed by atoms with Crippen LogP contribution >= 0.6 is 0 Å². The molecular weight excluding hydrogens is 317 g/mol. The number of amides is 1. The SMILES string of the molecule is COc1ccc(CCC(=O)NC(C(=O)O)C2CCCOC2)cc1F. The summed E-state index contributed by atoms with van der Waals surface area (Å²) >= 11 is 0. The molecule has 1 aromatic carbocycles. The molecule has 1 fully saturated rings.